The molecule has 0 saturated heterocycles. The van der Waals surface area contributed by atoms with Gasteiger partial charge in [0.2, 0.25) is 6.29 Å². The zero-order valence-electron chi connectivity index (χ0n) is 16.6. The van der Waals surface area contributed by atoms with Crippen molar-refractivity contribution >= 4 is 5.97 Å². The van der Waals surface area contributed by atoms with Gasteiger partial charge in [0.15, 0.2) is 0 Å². The predicted molar refractivity (Wildman–Crippen MR) is 96.9 cm³/mol. The molecule has 160 valence electrons. The van der Waals surface area contributed by atoms with Crippen molar-refractivity contribution in [3.63, 3.8) is 0 Å². The van der Waals surface area contributed by atoms with Crippen LogP contribution in [0.15, 0.2) is 18.2 Å². The Kier molecular flexibility index (Phi) is 5.30. The van der Waals surface area contributed by atoms with E-state index in [4.69, 9.17) is 9.47 Å². The molecule has 0 heterocycles. The molecule has 0 amide bonds. The Hall–Kier alpha value is -1.76. The molecular formula is C22H26F3O4-. The number of rotatable bonds is 6. The van der Waals surface area contributed by atoms with E-state index in [1.54, 1.807) is 0 Å². The molecular weight excluding hydrogens is 385 g/mol. The molecule has 0 N–H and O–H groups in total. The summed E-state index contributed by atoms with van der Waals surface area (Å²) < 4.78 is 52.2. The smallest absolute Gasteiger partial charge is 0.419 e. The molecule has 1 aromatic rings. The van der Waals surface area contributed by atoms with E-state index >= 15 is 0 Å². The van der Waals surface area contributed by atoms with Gasteiger partial charge in [0.1, 0.15) is 5.75 Å². The number of hydrogen-bond acceptors (Lipinski definition) is 4. The van der Waals surface area contributed by atoms with Gasteiger partial charge in [-0.05, 0) is 61.5 Å². The van der Waals surface area contributed by atoms with Crippen LogP contribution >= 0.6 is 0 Å². The topological polar surface area (TPSA) is 58.6 Å². The van der Waals surface area contributed by atoms with Crippen molar-refractivity contribution in [3.8, 4) is 5.75 Å². The number of carbonyl (C=O) groups is 1. The lowest BCUT2D eigenvalue weighted by atomic mass is 9.80. The summed E-state index contributed by atoms with van der Waals surface area (Å²) in [4.78, 5) is 11.1. The van der Waals surface area contributed by atoms with Crippen LogP contribution in [0, 0.1) is 29.6 Å². The molecule has 0 spiro atoms. The average Bonchev–Trinajstić information content (AvgIpc) is 3.33. The van der Waals surface area contributed by atoms with Crippen LogP contribution in [0.5, 0.6) is 5.75 Å². The van der Waals surface area contributed by atoms with Crippen molar-refractivity contribution in [3.05, 3.63) is 29.3 Å². The van der Waals surface area contributed by atoms with E-state index < -0.39 is 29.7 Å². The molecule has 0 radical (unpaired) electrons. The van der Waals surface area contributed by atoms with Gasteiger partial charge in [0.05, 0.1) is 17.6 Å². The molecule has 3 fully saturated rings. The molecule has 4 rings (SSSR count). The molecule has 1 aromatic carbocycles. The van der Waals surface area contributed by atoms with Gasteiger partial charge in [-0.2, -0.15) is 13.2 Å². The Labute approximate surface area is 168 Å². The van der Waals surface area contributed by atoms with Crippen LogP contribution in [0.25, 0.3) is 0 Å². The summed E-state index contributed by atoms with van der Waals surface area (Å²) in [5.41, 5.74) is -1.37. The van der Waals surface area contributed by atoms with Gasteiger partial charge in [-0.1, -0.05) is 26.3 Å². The van der Waals surface area contributed by atoms with E-state index in [1.807, 2.05) is 13.8 Å². The zero-order chi connectivity index (χ0) is 20.9. The first kappa shape index (κ1) is 20.5. The van der Waals surface area contributed by atoms with Gasteiger partial charge in [0.25, 0.3) is 0 Å². The number of hydrogen-bond donors (Lipinski definition) is 0. The first-order valence-electron chi connectivity index (χ1n) is 10.4. The largest absolute Gasteiger partial charge is 0.545 e. The highest BCUT2D eigenvalue weighted by Crippen LogP contribution is 2.59. The fourth-order valence-corrected chi connectivity index (χ4v) is 5.76. The summed E-state index contributed by atoms with van der Waals surface area (Å²) in [5.74, 6) is 0.284. The second-order valence-electron chi connectivity index (χ2n) is 9.05. The third kappa shape index (κ3) is 3.86. The zero-order valence-corrected chi connectivity index (χ0v) is 16.6. The monoisotopic (exact) mass is 411 g/mol. The van der Waals surface area contributed by atoms with Crippen molar-refractivity contribution in [2.75, 3.05) is 0 Å². The second kappa shape index (κ2) is 7.49. The number of carboxylic acid groups (broad SMARTS) is 1. The van der Waals surface area contributed by atoms with Crippen LogP contribution < -0.4 is 9.84 Å². The third-order valence-electron chi connectivity index (χ3n) is 6.99. The SMILES string of the molecule is CC(C)C(Oc1cc(C(=O)[O-])ccc1C(F)(F)F)OC1CC2CC1C1CCCC21. The summed E-state index contributed by atoms with van der Waals surface area (Å²) in [6.07, 6.45) is 0.276. The van der Waals surface area contributed by atoms with E-state index in [1.165, 1.54) is 19.3 Å². The molecule has 3 saturated carbocycles. The van der Waals surface area contributed by atoms with E-state index in [0.717, 1.165) is 37.0 Å². The normalized spacial score (nSPS) is 31.9. The lowest BCUT2D eigenvalue weighted by molar-refractivity contribution is -0.255. The number of ether oxygens (including phenoxy) is 2. The Bertz CT molecular complexity index is 776. The maximum Gasteiger partial charge on any atom is 0.419 e. The molecule has 7 heteroatoms. The standard InChI is InChI=1S/C22H27F3O4/c1-11(2)21(28-18-10-13-8-16(18)15-5-3-4-14(13)15)29-19-9-12(20(26)27)6-7-17(19)22(23,24)25/h6-7,9,11,13-16,18,21H,3-5,8,10H2,1-2H3,(H,26,27)/p-1. The molecule has 0 aromatic heterocycles. The van der Waals surface area contributed by atoms with Crippen LogP contribution in [0.1, 0.15) is 61.9 Å². The minimum atomic E-state index is -4.66. The van der Waals surface area contributed by atoms with E-state index in [-0.39, 0.29) is 17.6 Å². The number of benzene rings is 1. The van der Waals surface area contributed by atoms with Gasteiger partial charge < -0.3 is 19.4 Å². The molecule has 2 bridgehead atoms. The van der Waals surface area contributed by atoms with E-state index in [2.05, 4.69) is 0 Å². The van der Waals surface area contributed by atoms with Crippen molar-refractivity contribution in [2.45, 2.75) is 64.5 Å². The first-order valence-corrected chi connectivity index (χ1v) is 10.4. The summed E-state index contributed by atoms with van der Waals surface area (Å²) in [5, 5.41) is 11.1. The van der Waals surface area contributed by atoms with Crippen molar-refractivity contribution in [1.82, 2.24) is 0 Å². The van der Waals surface area contributed by atoms with Crippen molar-refractivity contribution in [2.24, 2.45) is 29.6 Å². The number of carbonyl (C=O) groups excluding carboxylic acids is 1. The second-order valence-corrected chi connectivity index (χ2v) is 9.05. The first-order chi connectivity index (χ1) is 13.6. The van der Waals surface area contributed by atoms with Crippen LogP contribution in [-0.4, -0.2) is 18.4 Å². The molecule has 3 aliphatic rings. The number of halogens is 3. The number of alkyl halides is 3. The Morgan fingerprint density at radius 2 is 1.86 bits per heavy atom. The highest BCUT2D eigenvalue weighted by molar-refractivity contribution is 5.86. The summed E-state index contributed by atoms with van der Waals surface area (Å²) >= 11 is 0. The Morgan fingerprint density at radius 1 is 1.14 bits per heavy atom. The van der Waals surface area contributed by atoms with Gasteiger partial charge in [-0.15, -0.1) is 0 Å². The van der Waals surface area contributed by atoms with Crippen LogP contribution in [0.4, 0.5) is 13.2 Å². The average molecular weight is 411 g/mol. The molecule has 0 aliphatic heterocycles. The maximum absolute atomic E-state index is 13.4. The highest BCUT2D eigenvalue weighted by Gasteiger charge is 2.55. The predicted octanol–water partition coefficient (Wildman–Crippen LogP) is 4.27. The number of fused-ring (bicyclic) bond motifs is 5. The van der Waals surface area contributed by atoms with Crippen molar-refractivity contribution < 1.29 is 32.5 Å². The quantitative estimate of drug-likeness (QED) is 0.656. The van der Waals surface area contributed by atoms with Gasteiger partial charge >= 0.3 is 6.18 Å². The Balaban J connectivity index is 1.54. The fourth-order valence-electron chi connectivity index (χ4n) is 5.76. The van der Waals surface area contributed by atoms with Crippen molar-refractivity contribution in [1.29, 1.82) is 0 Å². The molecule has 4 nitrogen and oxygen atoms in total. The molecule has 6 unspecified atom stereocenters. The molecule has 29 heavy (non-hydrogen) atoms. The minimum absolute atomic E-state index is 0.00888. The van der Waals surface area contributed by atoms with Gasteiger partial charge in [0, 0.05) is 11.5 Å². The summed E-state index contributed by atoms with van der Waals surface area (Å²) in [7, 11) is 0. The molecule has 6 atom stereocenters. The fraction of sp³-hybridized carbons (Fsp3) is 0.682. The maximum atomic E-state index is 13.4. The van der Waals surface area contributed by atoms with Crippen LogP contribution in [0.3, 0.4) is 0 Å². The number of aromatic carboxylic acids is 1. The van der Waals surface area contributed by atoms with Crippen LogP contribution in [-0.2, 0) is 10.9 Å². The summed E-state index contributed by atoms with van der Waals surface area (Å²) in [6.45, 7) is 3.65. The van der Waals surface area contributed by atoms with E-state index in [0.29, 0.717) is 17.8 Å². The minimum Gasteiger partial charge on any atom is -0.545 e. The van der Waals surface area contributed by atoms with E-state index in [9.17, 15) is 23.1 Å². The lowest BCUT2D eigenvalue weighted by Gasteiger charge is -2.35. The van der Waals surface area contributed by atoms with Gasteiger partial charge in [-0.3, -0.25) is 0 Å². The summed E-state index contributed by atoms with van der Waals surface area (Å²) in [6, 6.07) is 2.48. The number of carboxylic acids is 1. The lowest BCUT2D eigenvalue weighted by Crippen LogP contribution is -2.38. The third-order valence-corrected chi connectivity index (χ3v) is 6.99. The highest BCUT2D eigenvalue weighted by atomic mass is 19.4. The molecule has 3 aliphatic carbocycles. The van der Waals surface area contributed by atoms with Crippen LogP contribution in [0.2, 0.25) is 0 Å². The van der Waals surface area contributed by atoms with Gasteiger partial charge in [-0.25, -0.2) is 0 Å². The Morgan fingerprint density at radius 3 is 2.52 bits per heavy atom.